The molecule has 1 aromatic rings. The first-order valence-corrected chi connectivity index (χ1v) is 7.20. The van der Waals surface area contributed by atoms with Crippen LogP contribution in [0.5, 0.6) is 0 Å². The third-order valence-corrected chi connectivity index (χ3v) is 4.09. The first kappa shape index (κ1) is 14.6. The van der Waals surface area contributed by atoms with Crippen LogP contribution < -0.4 is 4.90 Å². The molecule has 6 heteroatoms. The van der Waals surface area contributed by atoms with E-state index in [0.717, 1.165) is 5.56 Å². The fourth-order valence-electron chi connectivity index (χ4n) is 2.45. The van der Waals surface area contributed by atoms with Crippen molar-refractivity contribution in [3.63, 3.8) is 0 Å². The van der Waals surface area contributed by atoms with Crippen LogP contribution in [0, 0.1) is 11.7 Å². The molecule has 0 amide bonds. The van der Waals surface area contributed by atoms with Crippen molar-refractivity contribution in [2.75, 3.05) is 18.0 Å². The molecular formula is C13H14BrF4N. The zero-order valence-electron chi connectivity index (χ0n) is 10.2. The molecule has 2 rings (SSSR count). The summed E-state index contributed by atoms with van der Waals surface area (Å²) in [5, 5.41) is 0.485. The Morgan fingerprint density at radius 3 is 2.37 bits per heavy atom. The van der Waals surface area contributed by atoms with E-state index in [2.05, 4.69) is 15.9 Å². The van der Waals surface area contributed by atoms with Crippen LogP contribution in [0.2, 0.25) is 0 Å². The summed E-state index contributed by atoms with van der Waals surface area (Å²) in [6.45, 7) is 0.482. The Bertz CT molecular complexity index is 439. The van der Waals surface area contributed by atoms with Crippen LogP contribution in [0.25, 0.3) is 0 Å². The summed E-state index contributed by atoms with van der Waals surface area (Å²) in [5.41, 5.74) is 1.20. The van der Waals surface area contributed by atoms with Crippen LogP contribution >= 0.6 is 15.9 Å². The number of halogens is 5. The van der Waals surface area contributed by atoms with E-state index in [-0.39, 0.29) is 31.7 Å². The van der Waals surface area contributed by atoms with Gasteiger partial charge in [-0.3, -0.25) is 0 Å². The molecular weight excluding hydrogens is 326 g/mol. The first-order chi connectivity index (χ1) is 8.93. The lowest BCUT2D eigenvalue weighted by molar-refractivity contribution is -0.179. The van der Waals surface area contributed by atoms with Crippen molar-refractivity contribution in [2.45, 2.75) is 24.3 Å². The molecule has 0 atom stereocenters. The monoisotopic (exact) mass is 339 g/mol. The molecule has 0 spiro atoms. The van der Waals surface area contributed by atoms with Gasteiger partial charge in [0.1, 0.15) is 5.82 Å². The minimum absolute atomic E-state index is 0.0273. The lowest BCUT2D eigenvalue weighted by Crippen LogP contribution is -2.39. The minimum Gasteiger partial charge on any atom is -0.369 e. The quantitative estimate of drug-likeness (QED) is 0.566. The number of piperidine rings is 1. The molecule has 0 bridgehead atoms. The summed E-state index contributed by atoms with van der Waals surface area (Å²) >= 11 is 3.28. The van der Waals surface area contributed by atoms with Gasteiger partial charge in [0.05, 0.1) is 11.6 Å². The summed E-state index contributed by atoms with van der Waals surface area (Å²) in [6.07, 6.45) is -4.08. The van der Waals surface area contributed by atoms with Crippen molar-refractivity contribution < 1.29 is 17.6 Å². The molecule has 19 heavy (non-hydrogen) atoms. The molecule has 0 N–H and O–H groups in total. The lowest BCUT2D eigenvalue weighted by atomic mass is 9.95. The van der Waals surface area contributed by atoms with Gasteiger partial charge in [0.15, 0.2) is 0 Å². The second kappa shape index (κ2) is 5.69. The highest BCUT2D eigenvalue weighted by molar-refractivity contribution is 9.08. The molecule has 1 fully saturated rings. The van der Waals surface area contributed by atoms with Gasteiger partial charge in [-0.25, -0.2) is 4.39 Å². The highest BCUT2D eigenvalue weighted by Crippen LogP contribution is 2.37. The Kier molecular flexibility index (Phi) is 4.38. The van der Waals surface area contributed by atoms with Crippen LogP contribution in [-0.2, 0) is 5.33 Å². The number of anilines is 1. The molecule has 0 aliphatic carbocycles. The first-order valence-electron chi connectivity index (χ1n) is 6.08. The molecule has 106 valence electrons. The number of benzene rings is 1. The number of hydrogen-bond donors (Lipinski definition) is 0. The zero-order valence-corrected chi connectivity index (χ0v) is 11.8. The average molecular weight is 340 g/mol. The maximum absolute atomic E-state index is 13.9. The van der Waals surface area contributed by atoms with Crippen molar-refractivity contribution in [3.8, 4) is 0 Å². The van der Waals surface area contributed by atoms with E-state index < -0.39 is 12.1 Å². The maximum Gasteiger partial charge on any atom is 0.391 e. The van der Waals surface area contributed by atoms with Crippen molar-refractivity contribution in [1.82, 2.24) is 0 Å². The molecule has 0 saturated carbocycles. The summed E-state index contributed by atoms with van der Waals surface area (Å²) in [6, 6.07) is 4.73. The predicted molar refractivity (Wildman–Crippen MR) is 70.0 cm³/mol. The van der Waals surface area contributed by atoms with E-state index in [1.165, 1.54) is 6.07 Å². The van der Waals surface area contributed by atoms with Gasteiger partial charge >= 0.3 is 6.18 Å². The molecule has 0 aromatic heterocycles. The SMILES string of the molecule is Fc1cccc(CBr)c1N1CCC(C(F)(F)F)CC1. The van der Waals surface area contributed by atoms with Gasteiger partial charge in [-0.1, -0.05) is 28.1 Å². The van der Waals surface area contributed by atoms with E-state index in [1.54, 1.807) is 17.0 Å². The van der Waals surface area contributed by atoms with Crippen molar-refractivity contribution in [3.05, 3.63) is 29.6 Å². The number of rotatable bonds is 2. The number of alkyl halides is 4. The highest BCUT2D eigenvalue weighted by Gasteiger charge is 2.41. The van der Waals surface area contributed by atoms with E-state index >= 15 is 0 Å². The second-order valence-electron chi connectivity index (χ2n) is 4.68. The van der Waals surface area contributed by atoms with Crippen molar-refractivity contribution in [1.29, 1.82) is 0 Å². The third kappa shape index (κ3) is 3.22. The van der Waals surface area contributed by atoms with E-state index in [9.17, 15) is 17.6 Å². The van der Waals surface area contributed by atoms with Crippen LogP contribution in [-0.4, -0.2) is 19.3 Å². The molecule has 0 unspecified atom stereocenters. The van der Waals surface area contributed by atoms with Gasteiger partial charge in [-0.05, 0) is 24.5 Å². The smallest absolute Gasteiger partial charge is 0.369 e. The highest BCUT2D eigenvalue weighted by atomic mass is 79.9. The summed E-state index contributed by atoms with van der Waals surface area (Å²) in [5.74, 6) is -1.63. The fourth-order valence-corrected chi connectivity index (χ4v) is 2.90. The standard InChI is InChI=1S/C13H14BrF4N/c14-8-9-2-1-3-11(15)12(9)19-6-4-10(5-7-19)13(16,17)18/h1-3,10H,4-8H2. The van der Waals surface area contributed by atoms with Crippen LogP contribution in [0.15, 0.2) is 18.2 Å². The largest absolute Gasteiger partial charge is 0.391 e. The second-order valence-corrected chi connectivity index (χ2v) is 5.24. The Morgan fingerprint density at radius 2 is 1.84 bits per heavy atom. The Balaban J connectivity index is 2.14. The van der Waals surface area contributed by atoms with Gasteiger partial charge in [-0.2, -0.15) is 13.2 Å². The van der Waals surface area contributed by atoms with Gasteiger partial charge in [0, 0.05) is 18.4 Å². The summed E-state index contributed by atoms with van der Waals surface area (Å²) in [7, 11) is 0. The Hall–Kier alpha value is -0.780. The lowest BCUT2D eigenvalue weighted by Gasteiger charge is -2.35. The maximum atomic E-state index is 13.9. The van der Waals surface area contributed by atoms with Gasteiger partial charge < -0.3 is 4.90 Å². The third-order valence-electron chi connectivity index (χ3n) is 3.49. The Labute approximate surface area is 117 Å². The van der Waals surface area contributed by atoms with Crippen LogP contribution in [0.1, 0.15) is 18.4 Å². The molecule has 1 aromatic carbocycles. The van der Waals surface area contributed by atoms with Crippen molar-refractivity contribution in [2.24, 2.45) is 5.92 Å². The van der Waals surface area contributed by atoms with Gasteiger partial charge in [0.2, 0.25) is 0 Å². The topological polar surface area (TPSA) is 3.24 Å². The van der Waals surface area contributed by atoms with Gasteiger partial charge in [-0.15, -0.1) is 0 Å². The van der Waals surface area contributed by atoms with E-state index in [1.807, 2.05) is 0 Å². The fraction of sp³-hybridized carbons (Fsp3) is 0.538. The molecule has 1 saturated heterocycles. The predicted octanol–water partition coefficient (Wildman–Crippen LogP) is 4.50. The Morgan fingerprint density at radius 1 is 1.21 bits per heavy atom. The van der Waals surface area contributed by atoms with E-state index in [0.29, 0.717) is 11.0 Å². The zero-order chi connectivity index (χ0) is 14.0. The number of nitrogens with zero attached hydrogens (tertiary/aromatic N) is 1. The molecule has 1 heterocycles. The molecule has 1 aliphatic heterocycles. The van der Waals surface area contributed by atoms with Gasteiger partial charge in [0.25, 0.3) is 0 Å². The number of hydrogen-bond acceptors (Lipinski definition) is 1. The summed E-state index contributed by atoms with van der Waals surface area (Å²) in [4.78, 5) is 1.72. The van der Waals surface area contributed by atoms with Crippen LogP contribution in [0.3, 0.4) is 0 Å². The number of para-hydroxylation sites is 1. The normalized spacial score (nSPS) is 17.8. The molecule has 0 radical (unpaired) electrons. The summed E-state index contributed by atoms with van der Waals surface area (Å²) < 4.78 is 51.7. The molecule has 1 aliphatic rings. The van der Waals surface area contributed by atoms with Crippen molar-refractivity contribution >= 4 is 21.6 Å². The molecule has 1 nitrogen and oxygen atoms in total. The van der Waals surface area contributed by atoms with E-state index in [4.69, 9.17) is 0 Å². The minimum atomic E-state index is -4.14. The average Bonchev–Trinajstić information content (AvgIpc) is 2.37. The van der Waals surface area contributed by atoms with Crippen LogP contribution in [0.4, 0.5) is 23.2 Å².